The van der Waals surface area contributed by atoms with Gasteiger partial charge in [0, 0.05) is 31.6 Å². The van der Waals surface area contributed by atoms with Crippen molar-refractivity contribution in [2.24, 2.45) is 10.6 Å². The smallest absolute Gasteiger partial charge is 0.276 e. The maximum absolute atomic E-state index is 11.4. The molecule has 3 heterocycles. The highest BCUT2D eigenvalue weighted by molar-refractivity contribution is 7.86. The van der Waals surface area contributed by atoms with Gasteiger partial charge in [-0.25, -0.2) is 14.6 Å². The third-order valence-corrected chi connectivity index (χ3v) is 7.33. The summed E-state index contributed by atoms with van der Waals surface area (Å²) in [5.74, 6) is 0.886. The van der Waals surface area contributed by atoms with E-state index in [1.54, 1.807) is 11.6 Å². The molecule has 0 atom stereocenters. The van der Waals surface area contributed by atoms with E-state index in [9.17, 15) is 8.42 Å². The van der Waals surface area contributed by atoms with Gasteiger partial charge in [0.1, 0.15) is 17.0 Å². The Bertz CT molecular complexity index is 958. The number of hydrogen-bond donors (Lipinski definition) is 1. The summed E-state index contributed by atoms with van der Waals surface area (Å²) in [6, 6.07) is -0.00528. The second kappa shape index (κ2) is 5.29. The van der Waals surface area contributed by atoms with Crippen LogP contribution in [-0.2, 0) is 10.2 Å². The number of hydrogen-bond acceptors (Lipinski definition) is 5. The van der Waals surface area contributed by atoms with E-state index < -0.39 is 10.2 Å². The summed E-state index contributed by atoms with van der Waals surface area (Å²) in [5.41, 5.74) is 3.20. The van der Waals surface area contributed by atoms with Gasteiger partial charge < -0.3 is 4.90 Å². The van der Waals surface area contributed by atoms with Gasteiger partial charge in [-0.2, -0.15) is 17.8 Å². The Morgan fingerprint density at radius 3 is 2.56 bits per heavy atom. The average Bonchev–Trinajstić information content (AvgIpc) is 2.69. The molecular weight excluding hydrogens is 364 g/mol. The summed E-state index contributed by atoms with van der Waals surface area (Å²) >= 11 is 6.36. The summed E-state index contributed by atoms with van der Waals surface area (Å²) in [7, 11) is -2.07. The molecule has 1 aliphatic carbocycles. The molecule has 2 aromatic heterocycles. The Morgan fingerprint density at radius 2 is 1.96 bits per heavy atom. The molecular formula is C15H21ClN6O2S. The van der Waals surface area contributed by atoms with Crippen LogP contribution in [-0.4, -0.2) is 53.5 Å². The van der Waals surface area contributed by atoms with Crippen molar-refractivity contribution in [3.05, 3.63) is 22.6 Å². The van der Waals surface area contributed by atoms with Crippen molar-refractivity contribution in [3.8, 4) is 0 Å². The average molecular weight is 385 g/mol. The molecule has 1 spiro atoms. The van der Waals surface area contributed by atoms with Gasteiger partial charge in [0.2, 0.25) is 0 Å². The van der Waals surface area contributed by atoms with Gasteiger partial charge in [-0.3, -0.25) is 0 Å². The first-order valence-electron chi connectivity index (χ1n) is 8.12. The molecule has 1 saturated heterocycles. The molecule has 136 valence electrons. The molecule has 0 bridgehead atoms. The fourth-order valence-corrected chi connectivity index (χ4v) is 4.95. The fourth-order valence-electron chi connectivity index (χ4n) is 4.12. The van der Waals surface area contributed by atoms with Crippen molar-refractivity contribution in [2.45, 2.75) is 32.7 Å². The van der Waals surface area contributed by atoms with Gasteiger partial charge in [0.15, 0.2) is 5.82 Å². The molecule has 0 amide bonds. The first-order valence-corrected chi connectivity index (χ1v) is 10.0. The Morgan fingerprint density at radius 1 is 1.32 bits per heavy atom. The summed E-state index contributed by atoms with van der Waals surface area (Å²) in [4.78, 5) is 6.69. The summed E-state index contributed by atoms with van der Waals surface area (Å²) in [6.45, 7) is 5.72. The van der Waals surface area contributed by atoms with Crippen molar-refractivity contribution in [2.75, 3.05) is 25.0 Å². The molecule has 2 fully saturated rings. The minimum atomic E-state index is -3.62. The van der Waals surface area contributed by atoms with Crippen LogP contribution < -0.4 is 10.0 Å². The monoisotopic (exact) mass is 384 g/mol. The van der Waals surface area contributed by atoms with Gasteiger partial charge in [-0.05, 0) is 37.8 Å². The summed E-state index contributed by atoms with van der Waals surface area (Å²) in [6.07, 6.45) is 3.19. The SMILES string of the molecule is Cc1c(C)c2c(N3CC4(CC(N(C)S(N)(=O)=O)C4)C3)ncnn2c1Cl. The molecule has 1 aliphatic heterocycles. The Balaban J connectivity index is 1.53. The zero-order valence-electron chi connectivity index (χ0n) is 14.4. The van der Waals surface area contributed by atoms with E-state index in [4.69, 9.17) is 16.7 Å². The van der Waals surface area contributed by atoms with E-state index in [1.165, 1.54) is 10.6 Å². The van der Waals surface area contributed by atoms with Crippen LogP contribution in [0.15, 0.2) is 6.33 Å². The standard InChI is InChI=1S/C15H21ClN6O2S/c1-9-10(2)13(16)22-12(9)14(18-8-19-22)21-6-15(7-21)4-11(5-15)20(3)25(17,23)24/h8,11H,4-7H2,1-3H3,(H2,17,23,24). The van der Waals surface area contributed by atoms with Gasteiger partial charge in [0.05, 0.1) is 0 Å². The molecule has 10 heteroatoms. The highest BCUT2D eigenvalue weighted by atomic mass is 35.5. The number of aromatic nitrogens is 3. The minimum Gasteiger partial charge on any atom is -0.354 e. The topological polar surface area (TPSA) is 96.8 Å². The van der Waals surface area contributed by atoms with E-state index in [0.29, 0.717) is 5.15 Å². The van der Waals surface area contributed by atoms with Crippen LogP contribution in [0.5, 0.6) is 0 Å². The van der Waals surface area contributed by atoms with Gasteiger partial charge in [-0.15, -0.1) is 0 Å². The quantitative estimate of drug-likeness (QED) is 0.854. The molecule has 4 rings (SSSR count). The van der Waals surface area contributed by atoms with E-state index in [-0.39, 0.29) is 11.5 Å². The van der Waals surface area contributed by atoms with E-state index in [1.807, 2.05) is 13.8 Å². The predicted molar refractivity (Wildman–Crippen MR) is 96.0 cm³/mol. The van der Waals surface area contributed by atoms with Gasteiger partial charge in [-0.1, -0.05) is 11.6 Å². The summed E-state index contributed by atoms with van der Waals surface area (Å²) < 4.78 is 25.9. The molecule has 0 aromatic carbocycles. The van der Waals surface area contributed by atoms with Crippen LogP contribution in [0, 0.1) is 19.3 Å². The molecule has 25 heavy (non-hydrogen) atoms. The molecule has 0 radical (unpaired) electrons. The molecule has 2 aliphatic rings. The summed E-state index contributed by atoms with van der Waals surface area (Å²) in [5, 5.41) is 10.1. The molecule has 2 N–H and O–H groups in total. The fraction of sp³-hybridized carbons (Fsp3) is 0.600. The highest BCUT2D eigenvalue weighted by Crippen LogP contribution is 2.51. The number of halogens is 1. The Kier molecular flexibility index (Phi) is 3.60. The molecule has 8 nitrogen and oxygen atoms in total. The lowest BCUT2D eigenvalue weighted by atomic mass is 9.60. The number of anilines is 1. The second-order valence-corrected chi connectivity index (χ2v) is 9.33. The van der Waals surface area contributed by atoms with E-state index >= 15 is 0 Å². The largest absolute Gasteiger partial charge is 0.354 e. The minimum absolute atomic E-state index is 0.00528. The molecule has 1 saturated carbocycles. The van der Waals surface area contributed by atoms with Crippen LogP contribution in [0.2, 0.25) is 5.15 Å². The number of fused-ring (bicyclic) bond motifs is 1. The second-order valence-electron chi connectivity index (χ2n) is 7.36. The van der Waals surface area contributed by atoms with Crippen molar-refractivity contribution in [1.82, 2.24) is 18.9 Å². The lowest BCUT2D eigenvalue weighted by molar-refractivity contribution is 0.0207. The van der Waals surface area contributed by atoms with Crippen LogP contribution in [0.25, 0.3) is 5.52 Å². The van der Waals surface area contributed by atoms with Crippen LogP contribution in [0.1, 0.15) is 24.0 Å². The third kappa shape index (κ3) is 2.44. The van der Waals surface area contributed by atoms with E-state index in [0.717, 1.165) is 48.4 Å². The Labute approximate surface area is 151 Å². The number of nitrogens with two attached hydrogens (primary N) is 1. The number of nitrogens with zero attached hydrogens (tertiary/aromatic N) is 5. The van der Waals surface area contributed by atoms with Crippen molar-refractivity contribution in [3.63, 3.8) is 0 Å². The van der Waals surface area contributed by atoms with E-state index in [2.05, 4.69) is 15.0 Å². The van der Waals surface area contributed by atoms with Crippen LogP contribution >= 0.6 is 11.6 Å². The molecule has 2 aromatic rings. The lowest BCUT2D eigenvalue weighted by Crippen LogP contribution is -2.67. The van der Waals surface area contributed by atoms with Gasteiger partial charge >= 0.3 is 0 Å². The normalized spacial score (nSPS) is 20.3. The highest BCUT2D eigenvalue weighted by Gasteiger charge is 2.55. The van der Waals surface area contributed by atoms with Crippen LogP contribution in [0.3, 0.4) is 0 Å². The first kappa shape index (κ1) is 17.0. The third-order valence-electron chi connectivity index (χ3n) is 5.79. The first-order chi connectivity index (χ1) is 11.6. The maximum Gasteiger partial charge on any atom is 0.276 e. The van der Waals surface area contributed by atoms with Crippen LogP contribution in [0.4, 0.5) is 5.82 Å². The maximum atomic E-state index is 11.4. The molecule has 0 unspecified atom stereocenters. The van der Waals surface area contributed by atoms with Gasteiger partial charge in [0.25, 0.3) is 10.2 Å². The van der Waals surface area contributed by atoms with Crippen molar-refractivity contribution in [1.29, 1.82) is 0 Å². The number of rotatable bonds is 3. The number of aryl methyl sites for hydroxylation is 1. The predicted octanol–water partition coefficient (Wildman–Crippen LogP) is 1.10. The zero-order chi connectivity index (χ0) is 18.1. The lowest BCUT2D eigenvalue weighted by Gasteiger charge is -2.60. The van der Waals surface area contributed by atoms with Crippen molar-refractivity contribution >= 4 is 33.1 Å². The van der Waals surface area contributed by atoms with Crippen molar-refractivity contribution < 1.29 is 8.42 Å². The zero-order valence-corrected chi connectivity index (χ0v) is 16.0. The Hall–Kier alpha value is -1.42.